The molecule has 9 nitrogen and oxygen atoms in total. The van der Waals surface area contributed by atoms with Crippen LogP contribution in [0.3, 0.4) is 0 Å². The number of halogens is 1. The maximum absolute atomic E-state index is 13.3. The number of carbonyl (C=O) groups excluding carboxylic acids is 3. The summed E-state index contributed by atoms with van der Waals surface area (Å²) in [5, 5.41) is 8.35. The molecular weight excluding hydrogens is 443 g/mol. The van der Waals surface area contributed by atoms with E-state index in [0.717, 1.165) is 17.2 Å². The van der Waals surface area contributed by atoms with Crippen molar-refractivity contribution in [3.8, 4) is 0 Å². The number of rotatable bonds is 5. The molecule has 3 heterocycles. The topological polar surface area (TPSA) is 115 Å². The van der Waals surface area contributed by atoms with Gasteiger partial charge in [0.2, 0.25) is 5.78 Å². The summed E-state index contributed by atoms with van der Waals surface area (Å²) in [4.78, 5) is 51.4. The lowest BCUT2D eigenvalue weighted by molar-refractivity contribution is -0.140. The van der Waals surface area contributed by atoms with Crippen molar-refractivity contribution in [2.75, 3.05) is 0 Å². The standard InChI is InChI=1S/C24H19FN4O5/c1-12-5-13(2)21-18(6-12)22(31)23(32)29(21)10-16-9-28(27-26-16)11-19(30)17-7-14-3-4-15(25)8-20(14)34-24(17)33/h3-5,7-9,18H,6,10-11H2,1-2H3. The van der Waals surface area contributed by atoms with Crippen LogP contribution in [0.4, 0.5) is 4.39 Å². The molecule has 0 bridgehead atoms. The van der Waals surface area contributed by atoms with Crippen molar-refractivity contribution in [3.05, 3.63) is 80.9 Å². The van der Waals surface area contributed by atoms with Gasteiger partial charge in [0, 0.05) is 17.1 Å². The third kappa shape index (κ3) is 3.66. The second-order valence-electron chi connectivity index (χ2n) is 8.53. The minimum absolute atomic E-state index is 0.0402. The summed E-state index contributed by atoms with van der Waals surface area (Å²) in [6.45, 7) is 3.54. The quantitative estimate of drug-likeness (QED) is 0.325. The van der Waals surface area contributed by atoms with Gasteiger partial charge in [-0.2, -0.15) is 0 Å². The van der Waals surface area contributed by atoms with Crippen LogP contribution in [0.5, 0.6) is 0 Å². The molecule has 0 N–H and O–H groups in total. The van der Waals surface area contributed by atoms with Crippen molar-refractivity contribution < 1.29 is 23.2 Å². The highest BCUT2D eigenvalue weighted by molar-refractivity contribution is 6.40. The third-order valence-corrected chi connectivity index (χ3v) is 6.00. The average Bonchev–Trinajstić information content (AvgIpc) is 3.31. The predicted octanol–water partition coefficient (Wildman–Crippen LogP) is 2.56. The summed E-state index contributed by atoms with van der Waals surface area (Å²) in [5.41, 5.74) is 1.95. The number of amides is 1. The SMILES string of the molecule is CC1=CC(C)=C2C(C1)C(=O)C(=O)N2Cc1cn(CC(=O)c2cc3ccc(F)cc3oc2=O)nn1. The van der Waals surface area contributed by atoms with E-state index in [2.05, 4.69) is 10.3 Å². The number of aromatic nitrogens is 3. The molecule has 2 aromatic heterocycles. The fourth-order valence-electron chi connectivity index (χ4n) is 4.52. The first-order valence-electron chi connectivity index (χ1n) is 10.6. The Morgan fingerprint density at radius 3 is 2.79 bits per heavy atom. The van der Waals surface area contributed by atoms with Crippen molar-refractivity contribution in [1.29, 1.82) is 0 Å². The first-order valence-corrected chi connectivity index (χ1v) is 10.6. The third-order valence-electron chi connectivity index (χ3n) is 6.00. The van der Waals surface area contributed by atoms with E-state index in [-0.39, 0.29) is 24.2 Å². The minimum Gasteiger partial charge on any atom is -0.422 e. The van der Waals surface area contributed by atoms with Crippen LogP contribution in [0.15, 0.2) is 62.6 Å². The molecule has 1 aromatic carbocycles. The molecular formula is C24H19FN4O5. The first kappa shape index (κ1) is 21.6. The van der Waals surface area contributed by atoms with Gasteiger partial charge in [-0.3, -0.25) is 14.4 Å². The number of hydrogen-bond acceptors (Lipinski definition) is 7. The smallest absolute Gasteiger partial charge is 0.347 e. The second-order valence-corrected chi connectivity index (χ2v) is 8.53. The van der Waals surface area contributed by atoms with E-state index in [1.54, 1.807) is 0 Å². The Labute approximate surface area is 192 Å². The Morgan fingerprint density at radius 1 is 1.21 bits per heavy atom. The van der Waals surface area contributed by atoms with E-state index in [1.165, 1.54) is 34.0 Å². The van der Waals surface area contributed by atoms with Crippen LogP contribution in [-0.2, 0) is 22.7 Å². The van der Waals surface area contributed by atoms with Gasteiger partial charge < -0.3 is 9.32 Å². The highest BCUT2D eigenvalue weighted by Crippen LogP contribution is 2.38. The summed E-state index contributed by atoms with van der Waals surface area (Å²) in [6.07, 6.45) is 3.96. The molecule has 1 aliphatic carbocycles. The predicted molar refractivity (Wildman–Crippen MR) is 117 cm³/mol. The monoisotopic (exact) mass is 462 g/mol. The highest BCUT2D eigenvalue weighted by Gasteiger charge is 2.45. The molecule has 2 aliphatic rings. The first-order chi connectivity index (χ1) is 16.2. The maximum atomic E-state index is 13.3. The number of Topliss-reactive ketones (excluding diaryl/α,β-unsaturated/α-hetero) is 2. The van der Waals surface area contributed by atoms with Crippen LogP contribution >= 0.6 is 0 Å². The van der Waals surface area contributed by atoms with Gasteiger partial charge in [-0.1, -0.05) is 16.9 Å². The van der Waals surface area contributed by atoms with Crippen LogP contribution in [0, 0.1) is 11.7 Å². The van der Waals surface area contributed by atoms with Crippen molar-refractivity contribution in [3.63, 3.8) is 0 Å². The van der Waals surface area contributed by atoms with Gasteiger partial charge in [-0.15, -0.1) is 5.10 Å². The van der Waals surface area contributed by atoms with Crippen LogP contribution in [0.25, 0.3) is 11.0 Å². The number of fused-ring (bicyclic) bond motifs is 2. The zero-order valence-electron chi connectivity index (χ0n) is 18.4. The molecule has 172 valence electrons. The van der Waals surface area contributed by atoms with Crippen LogP contribution in [0.2, 0.25) is 0 Å². The van der Waals surface area contributed by atoms with Gasteiger partial charge in [0.05, 0.1) is 18.7 Å². The van der Waals surface area contributed by atoms with Crippen LogP contribution < -0.4 is 5.63 Å². The molecule has 1 aliphatic heterocycles. The second kappa shape index (κ2) is 7.98. The number of nitrogens with zero attached hydrogens (tertiary/aromatic N) is 4. The lowest BCUT2D eigenvalue weighted by Gasteiger charge is -2.23. The van der Waals surface area contributed by atoms with Gasteiger partial charge in [0.1, 0.15) is 29.2 Å². The summed E-state index contributed by atoms with van der Waals surface area (Å²) in [5.74, 6) is -2.62. The number of likely N-dealkylation sites (tertiary alicyclic amines) is 1. The van der Waals surface area contributed by atoms with Gasteiger partial charge in [-0.05, 0) is 44.0 Å². The molecule has 3 aromatic rings. The number of allylic oxidation sites excluding steroid dienone is 4. The molecule has 1 fully saturated rings. The number of hydrogen-bond donors (Lipinski definition) is 0. The summed E-state index contributed by atoms with van der Waals surface area (Å²) in [7, 11) is 0. The van der Waals surface area contributed by atoms with Gasteiger partial charge in [0.25, 0.3) is 5.91 Å². The van der Waals surface area contributed by atoms with Gasteiger partial charge in [-0.25, -0.2) is 13.9 Å². The normalized spacial score (nSPS) is 18.0. The van der Waals surface area contributed by atoms with E-state index >= 15 is 0 Å². The Balaban J connectivity index is 1.36. The zero-order chi connectivity index (χ0) is 24.1. The van der Waals surface area contributed by atoms with E-state index in [4.69, 9.17) is 4.42 Å². The van der Waals surface area contributed by atoms with Crippen LogP contribution in [-0.4, -0.2) is 37.4 Å². The molecule has 1 amide bonds. The summed E-state index contributed by atoms with van der Waals surface area (Å²) in [6, 6.07) is 5.04. The average molecular weight is 462 g/mol. The summed E-state index contributed by atoms with van der Waals surface area (Å²) < 4.78 is 19.7. The van der Waals surface area contributed by atoms with E-state index in [9.17, 15) is 23.6 Å². The number of carbonyl (C=O) groups is 3. The van der Waals surface area contributed by atoms with Gasteiger partial charge in [0.15, 0.2) is 5.78 Å². The largest absolute Gasteiger partial charge is 0.422 e. The Morgan fingerprint density at radius 2 is 2.00 bits per heavy atom. The van der Waals surface area contributed by atoms with Crippen molar-refractivity contribution in [2.45, 2.75) is 33.4 Å². The molecule has 1 saturated heterocycles. The molecule has 1 unspecified atom stereocenters. The minimum atomic E-state index is -0.876. The molecule has 1 atom stereocenters. The molecule has 5 rings (SSSR count). The summed E-state index contributed by atoms with van der Waals surface area (Å²) >= 11 is 0. The fourth-order valence-corrected chi connectivity index (χ4v) is 4.52. The molecule has 34 heavy (non-hydrogen) atoms. The van der Waals surface area contributed by atoms with E-state index in [1.807, 2.05) is 19.9 Å². The van der Waals surface area contributed by atoms with E-state index < -0.39 is 34.8 Å². The molecule has 0 radical (unpaired) electrons. The zero-order valence-corrected chi connectivity index (χ0v) is 18.4. The Hall–Kier alpha value is -4.21. The number of ketones is 2. The molecule has 0 saturated carbocycles. The van der Waals surface area contributed by atoms with Crippen molar-refractivity contribution in [2.24, 2.45) is 5.92 Å². The molecule has 10 heteroatoms. The Kier molecular flexibility index (Phi) is 5.07. The highest BCUT2D eigenvalue weighted by atomic mass is 19.1. The lowest BCUT2D eigenvalue weighted by Crippen LogP contribution is -2.26. The maximum Gasteiger partial charge on any atom is 0.347 e. The number of benzene rings is 1. The lowest BCUT2D eigenvalue weighted by atomic mass is 9.88. The Bertz CT molecular complexity index is 1510. The van der Waals surface area contributed by atoms with Crippen molar-refractivity contribution in [1.82, 2.24) is 19.9 Å². The van der Waals surface area contributed by atoms with Gasteiger partial charge >= 0.3 is 5.63 Å². The molecule has 0 spiro atoms. The fraction of sp³-hybridized carbons (Fsp3) is 0.250. The van der Waals surface area contributed by atoms with E-state index in [0.29, 0.717) is 23.2 Å². The van der Waals surface area contributed by atoms with Crippen LogP contribution in [0.1, 0.15) is 36.3 Å². The van der Waals surface area contributed by atoms with Crippen molar-refractivity contribution >= 4 is 28.4 Å².